The van der Waals surface area contributed by atoms with Crippen LogP contribution in [0.3, 0.4) is 0 Å². The fourth-order valence-corrected chi connectivity index (χ4v) is 4.45. The van der Waals surface area contributed by atoms with Gasteiger partial charge >= 0.3 is 0 Å². The van der Waals surface area contributed by atoms with Crippen molar-refractivity contribution in [2.24, 2.45) is 0 Å². The SMILES string of the molecule is Cc1cc(Oc2ccccc2F)ncc1-n1ncc(C(=O)c2cc3cc(NS(C)(=O)=O)c(O)cc3[nH]2)c1N. The molecule has 194 valence electrons. The Morgan fingerprint density at radius 1 is 1.18 bits per heavy atom. The number of carbonyl (C=O) groups is 1. The first kappa shape index (κ1) is 24.8. The van der Waals surface area contributed by atoms with Crippen LogP contribution in [0.25, 0.3) is 16.6 Å². The van der Waals surface area contributed by atoms with Crippen LogP contribution in [0.1, 0.15) is 21.6 Å². The number of aromatic amines is 1. The number of ether oxygens (including phenoxy) is 1. The van der Waals surface area contributed by atoms with Gasteiger partial charge in [-0.3, -0.25) is 9.52 Å². The molecule has 3 heterocycles. The number of fused-ring (bicyclic) bond motifs is 1. The number of ketones is 1. The van der Waals surface area contributed by atoms with Gasteiger partial charge in [-0.15, -0.1) is 0 Å². The number of para-hydroxylation sites is 1. The minimum Gasteiger partial charge on any atom is -0.506 e. The van der Waals surface area contributed by atoms with Crippen LogP contribution in [0.15, 0.2) is 60.9 Å². The molecule has 0 aliphatic carbocycles. The highest BCUT2D eigenvalue weighted by molar-refractivity contribution is 7.92. The molecule has 5 aromatic rings. The minimum atomic E-state index is -3.62. The molecular formula is C25H21FN6O5S. The Bertz CT molecular complexity index is 1830. The quantitative estimate of drug-likeness (QED) is 0.180. The molecule has 0 saturated heterocycles. The van der Waals surface area contributed by atoms with Crippen LogP contribution in [0, 0.1) is 12.7 Å². The lowest BCUT2D eigenvalue weighted by atomic mass is 10.1. The van der Waals surface area contributed by atoms with Gasteiger partial charge in [0.25, 0.3) is 0 Å². The summed E-state index contributed by atoms with van der Waals surface area (Å²) in [5.74, 6) is -1.03. The first-order valence-corrected chi connectivity index (χ1v) is 13.0. The molecular weight excluding hydrogens is 515 g/mol. The summed E-state index contributed by atoms with van der Waals surface area (Å²) in [6, 6.07) is 11.8. The number of nitrogens with two attached hydrogens (primary N) is 1. The van der Waals surface area contributed by atoms with E-state index < -0.39 is 21.6 Å². The first-order chi connectivity index (χ1) is 18.0. The maximum Gasteiger partial charge on any atom is 0.229 e. The Morgan fingerprint density at radius 2 is 1.95 bits per heavy atom. The van der Waals surface area contributed by atoms with E-state index in [0.29, 0.717) is 22.2 Å². The number of aryl methyl sites for hydroxylation is 1. The fraction of sp³-hybridized carbons (Fsp3) is 0.0800. The van der Waals surface area contributed by atoms with Crippen LogP contribution < -0.4 is 15.2 Å². The van der Waals surface area contributed by atoms with Crippen molar-refractivity contribution in [1.82, 2.24) is 19.7 Å². The molecule has 0 unspecified atom stereocenters. The summed E-state index contributed by atoms with van der Waals surface area (Å²) in [5.41, 5.74) is 8.09. The van der Waals surface area contributed by atoms with Crippen molar-refractivity contribution >= 4 is 38.2 Å². The number of benzene rings is 2. The summed E-state index contributed by atoms with van der Waals surface area (Å²) in [6.45, 7) is 1.76. The van der Waals surface area contributed by atoms with Crippen LogP contribution in [0.2, 0.25) is 0 Å². The van der Waals surface area contributed by atoms with E-state index in [2.05, 4.69) is 19.8 Å². The van der Waals surface area contributed by atoms with E-state index in [0.717, 1.165) is 6.26 Å². The van der Waals surface area contributed by atoms with E-state index in [1.165, 1.54) is 47.4 Å². The van der Waals surface area contributed by atoms with Gasteiger partial charge < -0.3 is 20.6 Å². The number of nitrogens with zero attached hydrogens (tertiary/aromatic N) is 3. The third-order valence-corrected chi connectivity index (χ3v) is 6.26. The monoisotopic (exact) mass is 536 g/mol. The lowest BCUT2D eigenvalue weighted by Gasteiger charge is -2.11. The number of H-pyrrole nitrogens is 1. The third-order valence-electron chi connectivity index (χ3n) is 5.67. The van der Waals surface area contributed by atoms with Gasteiger partial charge in [0.05, 0.1) is 41.3 Å². The summed E-state index contributed by atoms with van der Waals surface area (Å²) < 4.78 is 46.1. The molecule has 0 aliphatic heterocycles. The van der Waals surface area contributed by atoms with Crippen molar-refractivity contribution in [1.29, 1.82) is 0 Å². The number of nitrogen functional groups attached to an aromatic ring is 1. The number of phenols is 1. The van der Waals surface area contributed by atoms with Crippen molar-refractivity contribution in [3.05, 3.63) is 83.6 Å². The molecule has 0 saturated carbocycles. The highest BCUT2D eigenvalue weighted by Crippen LogP contribution is 2.32. The lowest BCUT2D eigenvalue weighted by Crippen LogP contribution is -2.09. The number of rotatable bonds is 7. The van der Waals surface area contributed by atoms with Gasteiger partial charge in [0.15, 0.2) is 11.6 Å². The number of carbonyl (C=O) groups excluding carboxylic acids is 1. The Hall–Kier alpha value is -4.91. The largest absolute Gasteiger partial charge is 0.506 e. The fourth-order valence-electron chi connectivity index (χ4n) is 3.88. The van der Waals surface area contributed by atoms with Crippen LogP contribution in [0.5, 0.6) is 17.4 Å². The average molecular weight is 537 g/mol. The smallest absolute Gasteiger partial charge is 0.229 e. The molecule has 0 amide bonds. The number of hydrogen-bond acceptors (Lipinski definition) is 8. The predicted molar refractivity (Wildman–Crippen MR) is 139 cm³/mol. The number of nitrogens with one attached hydrogen (secondary N) is 2. The van der Waals surface area contributed by atoms with Gasteiger partial charge in [0, 0.05) is 23.0 Å². The Labute approximate surface area is 215 Å². The molecule has 5 N–H and O–H groups in total. The second kappa shape index (κ2) is 9.19. The van der Waals surface area contributed by atoms with E-state index in [1.807, 2.05) is 0 Å². The predicted octanol–water partition coefficient (Wildman–Crippen LogP) is 3.88. The standard InChI is InChI=1S/C25H21FN6O5S/c1-13-7-23(37-22-6-4-3-5-16(22)26)28-12-20(13)32-25(27)15(11-29-32)24(34)19-9-14-8-18(31-38(2,35)36)21(33)10-17(14)30-19/h3-12,30-31,33H,27H2,1-2H3. The highest BCUT2D eigenvalue weighted by Gasteiger charge is 2.21. The molecule has 5 rings (SSSR count). The summed E-state index contributed by atoms with van der Waals surface area (Å²) in [5, 5.41) is 14.9. The van der Waals surface area contributed by atoms with E-state index in [9.17, 15) is 22.7 Å². The third kappa shape index (κ3) is 4.74. The summed E-state index contributed by atoms with van der Waals surface area (Å²) in [4.78, 5) is 20.4. The highest BCUT2D eigenvalue weighted by atomic mass is 32.2. The number of hydrogen-bond donors (Lipinski definition) is 4. The van der Waals surface area contributed by atoms with Gasteiger partial charge in [-0.2, -0.15) is 5.10 Å². The zero-order valence-corrected chi connectivity index (χ0v) is 20.9. The van der Waals surface area contributed by atoms with Crippen molar-refractivity contribution < 1.29 is 27.4 Å². The van der Waals surface area contributed by atoms with Gasteiger partial charge in [-0.25, -0.2) is 22.5 Å². The number of aromatic nitrogens is 4. The Kier molecular flexibility index (Phi) is 5.99. The molecule has 0 fully saturated rings. The van der Waals surface area contributed by atoms with Gasteiger partial charge in [-0.05, 0) is 36.8 Å². The Morgan fingerprint density at radius 3 is 2.66 bits per heavy atom. The molecule has 38 heavy (non-hydrogen) atoms. The maximum absolute atomic E-state index is 13.9. The topological polar surface area (TPSA) is 165 Å². The van der Waals surface area contributed by atoms with Crippen LogP contribution in [-0.2, 0) is 10.0 Å². The summed E-state index contributed by atoms with van der Waals surface area (Å²) >= 11 is 0. The van der Waals surface area contributed by atoms with E-state index in [-0.39, 0.29) is 40.1 Å². The van der Waals surface area contributed by atoms with Crippen molar-refractivity contribution in [3.63, 3.8) is 0 Å². The number of aromatic hydroxyl groups is 1. The van der Waals surface area contributed by atoms with Crippen LogP contribution >= 0.6 is 0 Å². The van der Waals surface area contributed by atoms with Gasteiger partial charge in [-0.1, -0.05) is 12.1 Å². The van der Waals surface area contributed by atoms with Crippen molar-refractivity contribution in [2.45, 2.75) is 6.92 Å². The summed E-state index contributed by atoms with van der Waals surface area (Å²) in [7, 11) is -3.62. The van der Waals surface area contributed by atoms with Gasteiger partial charge in [0.2, 0.25) is 21.7 Å². The zero-order chi connectivity index (χ0) is 27.2. The molecule has 2 aromatic carbocycles. The van der Waals surface area contributed by atoms with Crippen molar-refractivity contribution in [2.75, 3.05) is 16.7 Å². The van der Waals surface area contributed by atoms with Crippen LogP contribution in [-0.4, -0.2) is 45.3 Å². The lowest BCUT2D eigenvalue weighted by molar-refractivity contribution is 0.103. The minimum absolute atomic E-state index is 0.0178. The molecule has 11 nitrogen and oxygen atoms in total. The molecule has 3 aromatic heterocycles. The number of sulfonamides is 1. The number of pyridine rings is 1. The van der Waals surface area contributed by atoms with Crippen LogP contribution in [0.4, 0.5) is 15.9 Å². The van der Waals surface area contributed by atoms with E-state index in [4.69, 9.17) is 10.5 Å². The van der Waals surface area contributed by atoms with E-state index in [1.54, 1.807) is 25.1 Å². The molecule has 13 heteroatoms. The molecule has 0 aliphatic rings. The number of phenolic OH excluding ortho intramolecular Hbond substituents is 1. The molecule has 0 atom stereocenters. The second-order valence-electron chi connectivity index (χ2n) is 8.54. The molecule has 0 radical (unpaired) electrons. The number of anilines is 2. The first-order valence-electron chi connectivity index (χ1n) is 11.1. The summed E-state index contributed by atoms with van der Waals surface area (Å²) in [6.07, 6.45) is 3.73. The molecule has 0 spiro atoms. The average Bonchev–Trinajstić information content (AvgIpc) is 3.43. The Balaban J connectivity index is 1.43. The number of halogens is 1. The molecule has 0 bridgehead atoms. The second-order valence-corrected chi connectivity index (χ2v) is 10.3. The zero-order valence-electron chi connectivity index (χ0n) is 20.1. The van der Waals surface area contributed by atoms with Gasteiger partial charge in [0.1, 0.15) is 11.6 Å². The maximum atomic E-state index is 13.9. The normalized spacial score (nSPS) is 11.6. The van der Waals surface area contributed by atoms with E-state index >= 15 is 0 Å². The van der Waals surface area contributed by atoms with Crippen molar-refractivity contribution in [3.8, 4) is 23.1 Å².